The summed E-state index contributed by atoms with van der Waals surface area (Å²) < 4.78 is 11.2. The molecule has 1 saturated carbocycles. The number of nitrogens with zero attached hydrogens (tertiary/aromatic N) is 3. The molecule has 7 heteroatoms. The average Bonchev–Trinajstić information content (AvgIpc) is 3.31. The van der Waals surface area contributed by atoms with Gasteiger partial charge in [-0.25, -0.2) is 9.97 Å². The van der Waals surface area contributed by atoms with Gasteiger partial charge in [0.05, 0.1) is 0 Å². The average molecular weight is 437 g/mol. The molecule has 2 aromatic rings. The quantitative estimate of drug-likeness (QED) is 0.763. The van der Waals surface area contributed by atoms with Gasteiger partial charge < -0.3 is 19.7 Å². The van der Waals surface area contributed by atoms with Crippen molar-refractivity contribution in [3.63, 3.8) is 0 Å². The van der Waals surface area contributed by atoms with E-state index >= 15 is 0 Å². The van der Waals surface area contributed by atoms with Crippen molar-refractivity contribution < 1.29 is 14.3 Å². The molecule has 1 N–H and O–H groups in total. The standard InChI is InChI=1S/C25H32N4O3/c1-17-26-21(16-24(27-17)28-20-4-2-3-5-20)14-18-8-10-29(11-9-18)25(30)19-6-7-22-23(15-19)32-13-12-31-22/h6-7,15-16,18,20H,2-5,8-14H2,1H3,(H,26,27,28). The molecule has 2 aliphatic heterocycles. The lowest BCUT2D eigenvalue weighted by molar-refractivity contribution is 0.0689. The maximum Gasteiger partial charge on any atom is 0.253 e. The highest BCUT2D eigenvalue weighted by Crippen LogP contribution is 2.32. The Hall–Kier alpha value is -2.83. The molecule has 3 aliphatic rings. The molecule has 32 heavy (non-hydrogen) atoms. The Labute approximate surface area is 189 Å². The number of aryl methyl sites for hydroxylation is 1. The molecule has 170 valence electrons. The van der Waals surface area contributed by atoms with E-state index in [1.54, 1.807) is 0 Å². The Morgan fingerprint density at radius 3 is 2.56 bits per heavy atom. The van der Waals surface area contributed by atoms with E-state index < -0.39 is 0 Å². The van der Waals surface area contributed by atoms with Crippen LogP contribution < -0.4 is 14.8 Å². The molecular formula is C25H32N4O3. The number of carbonyl (C=O) groups excluding carboxylic acids is 1. The zero-order chi connectivity index (χ0) is 21.9. The topological polar surface area (TPSA) is 76.6 Å². The van der Waals surface area contributed by atoms with Gasteiger partial charge in [-0.05, 0) is 63.1 Å². The van der Waals surface area contributed by atoms with Crippen molar-refractivity contribution in [3.8, 4) is 11.5 Å². The summed E-state index contributed by atoms with van der Waals surface area (Å²) in [7, 11) is 0. The third-order valence-electron chi connectivity index (χ3n) is 6.79. The van der Waals surface area contributed by atoms with Gasteiger partial charge >= 0.3 is 0 Å². The number of nitrogens with one attached hydrogen (secondary N) is 1. The van der Waals surface area contributed by atoms with Crippen LogP contribution in [0.15, 0.2) is 24.3 Å². The summed E-state index contributed by atoms with van der Waals surface area (Å²) in [5, 5.41) is 3.60. The van der Waals surface area contributed by atoms with E-state index in [0.29, 0.717) is 42.2 Å². The fraction of sp³-hybridized carbons (Fsp3) is 0.560. The van der Waals surface area contributed by atoms with Crippen LogP contribution in [0.3, 0.4) is 0 Å². The van der Waals surface area contributed by atoms with Gasteiger partial charge in [0.2, 0.25) is 0 Å². The molecule has 5 rings (SSSR count). The van der Waals surface area contributed by atoms with Crippen LogP contribution in [0.25, 0.3) is 0 Å². The molecule has 1 amide bonds. The van der Waals surface area contributed by atoms with Crippen molar-refractivity contribution >= 4 is 11.7 Å². The fourth-order valence-electron chi connectivity index (χ4n) is 5.08. The zero-order valence-electron chi connectivity index (χ0n) is 18.8. The molecule has 1 saturated heterocycles. The van der Waals surface area contributed by atoms with Crippen molar-refractivity contribution in [1.82, 2.24) is 14.9 Å². The Balaban J connectivity index is 1.17. The number of likely N-dealkylation sites (tertiary alicyclic amines) is 1. The second-order valence-corrected chi connectivity index (χ2v) is 9.22. The fourth-order valence-corrected chi connectivity index (χ4v) is 5.08. The smallest absolute Gasteiger partial charge is 0.253 e. The molecule has 7 nitrogen and oxygen atoms in total. The molecule has 0 atom stereocenters. The van der Waals surface area contributed by atoms with Crippen LogP contribution in [0.2, 0.25) is 0 Å². The predicted octanol–water partition coefficient (Wildman–Crippen LogP) is 4.01. The van der Waals surface area contributed by atoms with E-state index in [1.165, 1.54) is 25.7 Å². The number of amides is 1. The van der Waals surface area contributed by atoms with Crippen LogP contribution in [-0.4, -0.2) is 53.1 Å². The molecule has 1 aromatic carbocycles. The minimum Gasteiger partial charge on any atom is -0.486 e. The van der Waals surface area contributed by atoms with Crippen LogP contribution in [0.4, 0.5) is 5.82 Å². The van der Waals surface area contributed by atoms with Gasteiger partial charge in [-0.3, -0.25) is 4.79 Å². The SMILES string of the molecule is Cc1nc(CC2CCN(C(=O)c3ccc4c(c3)OCCO4)CC2)cc(NC2CCCC2)n1. The predicted molar refractivity (Wildman–Crippen MR) is 122 cm³/mol. The van der Waals surface area contributed by atoms with Gasteiger partial charge in [-0.1, -0.05) is 12.8 Å². The van der Waals surface area contributed by atoms with E-state index in [1.807, 2.05) is 30.0 Å². The highest BCUT2D eigenvalue weighted by atomic mass is 16.6. The van der Waals surface area contributed by atoms with E-state index in [0.717, 1.165) is 49.7 Å². The Morgan fingerprint density at radius 1 is 1.03 bits per heavy atom. The van der Waals surface area contributed by atoms with Crippen molar-refractivity contribution in [1.29, 1.82) is 0 Å². The molecule has 0 bridgehead atoms. The number of rotatable bonds is 5. The third-order valence-corrected chi connectivity index (χ3v) is 6.79. The summed E-state index contributed by atoms with van der Waals surface area (Å²) in [6.07, 6.45) is 7.99. The second kappa shape index (κ2) is 9.35. The van der Waals surface area contributed by atoms with Crippen LogP contribution in [0.5, 0.6) is 11.5 Å². The first-order valence-electron chi connectivity index (χ1n) is 11.9. The van der Waals surface area contributed by atoms with Crippen LogP contribution in [0.1, 0.15) is 60.4 Å². The summed E-state index contributed by atoms with van der Waals surface area (Å²) in [6.45, 7) is 4.59. The summed E-state index contributed by atoms with van der Waals surface area (Å²) >= 11 is 0. The van der Waals surface area contributed by atoms with E-state index in [-0.39, 0.29) is 5.91 Å². The summed E-state index contributed by atoms with van der Waals surface area (Å²) in [5.74, 6) is 3.78. The van der Waals surface area contributed by atoms with Gasteiger partial charge in [-0.2, -0.15) is 0 Å². The Kier molecular flexibility index (Phi) is 6.14. The maximum atomic E-state index is 13.0. The number of aromatic nitrogens is 2. The van der Waals surface area contributed by atoms with E-state index in [2.05, 4.69) is 21.4 Å². The zero-order valence-corrected chi connectivity index (χ0v) is 18.8. The number of anilines is 1. The summed E-state index contributed by atoms with van der Waals surface area (Å²) in [4.78, 5) is 24.2. The molecule has 2 fully saturated rings. The highest BCUT2D eigenvalue weighted by Gasteiger charge is 2.26. The van der Waals surface area contributed by atoms with E-state index in [9.17, 15) is 4.79 Å². The van der Waals surface area contributed by atoms with Gasteiger partial charge in [0.1, 0.15) is 24.9 Å². The third kappa shape index (κ3) is 4.81. The molecule has 3 heterocycles. The minimum atomic E-state index is 0.0707. The Bertz CT molecular complexity index is 966. The molecule has 0 spiro atoms. The van der Waals surface area contributed by atoms with Crippen LogP contribution in [0, 0.1) is 12.8 Å². The number of hydrogen-bond acceptors (Lipinski definition) is 6. The second-order valence-electron chi connectivity index (χ2n) is 9.22. The number of piperidine rings is 1. The van der Waals surface area contributed by atoms with Gasteiger partial charge in [0, 0.05) is 36.5 Å². The van der Waals surface area contributed by atoms with Crippen molar-refractivity contribution in [2.45, 2.75) is 57.9 Å². The normalized spacial score (nSPS) is 19.2. The minimum absolute atomic E-state index is 0.0707. The summed E-state index contributed by atoms with van der Waals surface area (Å²) in [5.41, 5.74) is 1.77. The molecule has 0 radical (unpaired) electrons. The number of benzene rings is 1. The van der Waals surface area contributed by atoms with Crippen LogP contribution in [-0.2, 0) is 6.42 Å². The van der Waals surface area contributed by atoms with Gasteiger partial charge in [0.15, 0.2) is 11.5 Å². The van der Waals surface area contributed by atoms with E-state index in [4.69, 9.17) is 9.47 Å². The molecule has 1 aliphatic carbocycles. The summed E-state index contributed by atoms with van der Waals surface area (Å²) in [6, 6.07) is 8.16. The lowest BCUT2D eigenvalue weighted by Gasteiger charge is -2.32. The maximum absolute atomic E-state index is 13.0. The number of ether oxygens (including phenoxy) is 2. The van der Waals surface area contributed by atoms with Crippen LogP contribution >= 0.6 is 0 Å². The van der Waals surface area contributed by atoms with Gasteiger partial charge in [0.25, 0.3) is 5.91 Å². The first-order chi connectivity index (χ1) is 15.6. The first-order valence-corrected chi connectivity index (χ1v) is 11.9. The number of hydrogen-bond donors (Lipinski definition) is 1. The first kappa shape index (κ1) is 21.0. The number of carbonyl (C=O) groups is 1. The molecule has 1 aromatic heterocycles. The Morgan fingerprint density at radius 2 is 1.78 bits per heavy atom. The van der Waals surface area contributed by atoms with Crippen molar-refractivity contribution in [2.75, 3.05) is 31.6 Å². The molecular weight excluding hydrogens is 404 g/mol. The van der Waals surface area contributed by atoms with Crippen molar-refractivity contribution in [2.24, 2.45) is 5.92 Å². The molecule has 0 unspecified atom stereocenters. The number of fused-ring (bicyclic) bond motifs is 1. The van der Waals surface area contributed by atoms with Gasteiger partial charge in [-0.15, -0.1) is 0 Å². The lowest BCUT2D eigenvalue weighted by Crippen LogP contribution is -2.39. The largest absolute Gasteiger partial charge is 0.486 e. The monoisotopic (exact) mass is 436 g/mol. The highest BCUT2D eigenvalue weighted by molar-refractivity contribution is 5.95. The van der Waals surface area contributed by atoms with Crippen molar-refractivity contribution in [3.05, 3.63) is 41.3 Å². The lowest BCUT2D eigenvalue weighted by atomic mass is 9.91.